The van der Waals surface area contributed by atoms with Crippen LogP contribution in [0.3, 0.4) is 0 Å². The lowest BCUT2D eigenvalue weighted by atomic mass is 10.1. The van der Waals surface area contributed by atoms with Crippen LogP contribution < -0.4 is 10.9 Å². The van der Waals surface area contributed by atoms with Gasteiger partial charge in [-0.05, 0) is 50.2 Å². The molecular weight excluding hydrogens is 334 g/mol. The van der Waals surface area contributed by atoms with Crippen molar-refractivity contribution >= 4 is 29.7 Å². The highest BCUT2D eigenvalue weighted by atomic mass is 35.5. The van der Waals surface area contributed by atoms with Gasteiger partial charge < -0.3 is 10.3 Å². The van der Waals surface area contributed by atoms with Crippen molar-refractivity contribution in [1.29, 1.82) is 0 Å². The molecule has 122 valence electrons. The molecule has 0 spiro atoms. The van der Waals surface area contributed by atoms with Crippen molar-refractivity contribution in [1.82, 2.24) is 15.3 Å². The predicted octanol–water partition coefficient (Wildman–Crippen LogP) is 3.20. The van der Waals surface area contributed by atoms with E-state index in [9.17, 15) is 9.59 Å². The Morgan fingerprint density at radius 1 is 1.30 bits per heavy atom. The molecule has 1 aromatic heterocycles. The number of aromatic nitrogens is 2. The standard InChI is InChI=1S/C16H18ClN3O2S/c1-9(11-3-5-12(17)6-4-11)18-14(21)8-7-13-10(2)19-16(23)20-15(13)22/h3-6,9H,7-8H2,1-2H3,(H,18,21)(H2,19,20,22,23). The van der Waals surface area contributed by atoms with Gasteiger partial charge in [-0.1, -0.05) is 23.7 Å². The predicted molar refractivity (Wildman–Crippen MR) is 93.3 cm³/mol. The number of nitrogens with one attached hydrogen (secondary N) is 3. The van der Waals surface area contributed by atoms with Crippen molar-refractivity contribution in [2.24, 2.45) is 0 Å². The van der Waals surface area contributed by atoms with Gasteiger partial charge >= 0.3 is 0 Å². The number of aromatic amines is 2. The number of hydrogen-bond acceptors (Lipinski definition) is 3. The van der Waals surface area contributed by atoms with Gasteiger partial charge in [-0.15, -0.1) is 0 Å². The van der Waals surface area contributed by atoms with Gasteiger partial charge in [0.15, 0.2) is 4.77 Å². The number of H-pyrrole nitrogens is 2. The number of carbonyl (C=O) groups is 1. The Morgan fingerprint density at radius 3 is 2.57 bits per heavy atom. The molecule has 3 N–H and O–H groups in total. The fourth-order valence-corrected chi connectivity index (χ4v) is 2.69. The van der Waals surface area contributed by atoms with Gasteiger partial charge in [0.05, 0.1) is 6.04 Å². The molecule has 0 fully saturated rings. The minimum Gasteiger partial charge on any atom is -0.350 e. The van der Waals surface area contributed by atoms with Crippen molar-refractivity contribution in [3.05, 3.63) is 61.2 Å². The van der Waals surface area contributed by atoms with Crippen LogP contribution in [0.5, 0.6) is 0 Å². The van der Waals surface area contributed by atoms with E-state index >= 15 is 0 Å². The minimum absolute atomic E-state index is 0.117. The molecule has 0 radical (unpaired) electrons. The molecule has 23 heavy (non-hydrogen) atoms. The second kappa shape index (κ2) is 7.57. The molecule has 0 aliphatic heterocycles. The molecule has 0 saturated heterocycles. The summed E-state index contributed by atoms with van der Waals surface area (Å²) < 4.78 is 0.289. The van der Waals surface area contributed by atoms with Crippen LogP contribution in [-0.2, 0) is 11.2 Å². The second-order valence-electron chi connectivity index (χ2n) is 5.35. The molecule has 1 atom stereocenters. The van der Waals surface area contributed by atoms with Crippen LogP contribution >= 0.6 is 23.8 Å². The van der Waals surface area contributed by atoms with Crippen molar-refractivity contribution < 1.29 is 4.79 Å². The van der Waals surface area contributed by atoms with Gasteiger partial charge in [0.2, 0.25) is 5.91 Å². The highest BCUT2D eigenvalue weighted by Crippen LogP contribution is 2.16. The maximum absolute atomic E-state index is 12.1. The van der Waals surface area contributed by atoms with E-state index < -0.39 is 0 Å². The molecule has 0 bridgehead atoms. The van der Waals surface area contributed by atoms with Gasteiger partial charge in [-0.2, -0.15) is 0 Å². The van der Waals surface area contributed by atoms with Crippen LogP contribution in [0.2, 0.25) is 5.02 Å². The number of carbonyl (C=O) groups excluding carboxylic acids is 1. The molecule has 1 amide bonds. The van der Waals surface area contributed by atoms with Gasteiger partial charge in [-0.25, -0.2) is 0 Å². The fraction of sp³-hybridized carbons (Fsp3) is 0.312. The van der Waals surface area contributed by atoms with E-state index in [4.69, 9.17) is 23.8 Å². The van der Waals surface area contributed by atoms with Crippen LogP contribution in [0, 0.1) is 11.7 Å². The molecule has 2 rings (SSSR count). The summed E-state index contributed by atoms with van der Waals surface area (Å²) in [6.45, 7) is 3.67. The van der Waals surface area contributed by atoms with E-state index in [-0.39, 0.29) is 28.7 Å². The Bertz CT molecular complexity index is 811. The third-order valence-electron chi connectivity index (χ3n) is 3.60. The lowest BCUT2D eigenvalue weighted by molar-refractivity contribution is -0.121. The molecular formula is C16H18ClN3O2S. The van der Waals surface area contributed by atoms with Crippen molar-refractivity contribution in [2.75, 3.05) is 0 Å². The highest BCUT2D eigenvalue weighted by Gasteiger charge is 2.12. The maximum atomic E-state index is 12.1. The molecule has 0 aliphatic rings. The Hall–Kier alpha value is -1.92. The normalized spacial score (nSPS) is 12.0. The number of halogens is 1. The monoisotopic (exact) mass is 351 g/mol. The summed E-state index contributed by atoms with van der Waals surface area (Å²) in [5, 5.41) is 3.57. The topological polar surface area (TPSA) is 77.8 Å². The van der Waals surface area contributed by atoms with E-state index in [1.165, 1.54) is 0 Å². The Morgan fingerprint density at radius 2 is 1.96 bits per heavy atom. The highest BCUT2D eigenvalue weighted by molar-refractivity contribution is 7.71. The van der Waals surface area contributed by atoms with Gasteiger partial charge in [0.25, 0.3) is 5.56 Å². The Balaban J connectivity index is 1.96. The Kier molecular flexibility index (Phi) is 5.74. The summed E-state index contributed by atoms with van der Waals surface area (Å²) in [5.74, 6) is -0.117. The van der Waals surface area contributed by atoms with Crippen LogP contribution in [-0.4, -0.2) is 15.9 Å². The van der Waals surface area contributed by atoms with E-state index in [2.05, 4.69) is 15.3 Å². The molecule has 7 heteroatoms. The van der Waals surface area contributed by atoms with Crippen LogP contribution in [0.4, 0.5) is 0 Å². The smallest absolute Gasteiger partial charge is 0.255 e. The number of hydrogen-bond donors (Lipinski definition) is 3. The van der Waals surface area contributed by atoms with Gasteiger partial charge in [0, 0.05) is 22.7 Å². The van der Waals surface area contributed by atoms with Gasteiger partial charge in [-0.3, -0.25) is 14.6 Å². The lowest BCUT2D eigenvalue weighted by Crippen LogP contribution is -2.28. The summed E-state index contributed by atoms with van der Waals surface area (Å²) >= 11 is 10.8. The molecule has 2 aromatic rings. The van der Waals surface area contributed by atoms with Gasteiger partial charge in [0.1, 0.15) is 0 Å². The number of amides is 1. The first-order valence-corrected chi connectivity index (χ1v) is 8.02. The summed E-state index contributed by atoms with van der Waals surface area (Å²) in [6, 6.07) is 7.20. The summed E-state index contributed by atoms with van der Waals surface area (Å²) in [7, 11) is 0. The number of aryl methyl sites for hydroxylation is 1. The number of benzene rings is 1. The molecule has 1 unspecified atom stereocenters. The van der Waals surface area contributed by atoms with Crippen molar-refractivity contribution in [2.45, 2.75) is 32.7 Å². The third kappa shape index (κ3) is 4.77. The second-order valence-corrected chi connectivity index (χ2v) is 6.20. The SMILES string of the molecule is Cc1[nH]c(=S)[nH]c(=O)c1CCC(=O)NC(C)c1ccc(Cl)cc1. The molecule has 0 aliphatic carbocycles. The van der Waals surface area contributed by atoms with Crippen LogP contribution in [0.15, 0.2) is 29.1 Å². The zero-order chi connectivity index (χ0) is 17.0. The first kappa shape index (κ1) is 17.4. The quantitative estimate of drug-likeness (QED) is 0.724. The number of rotatable bonds is 5. The van der Waals surface area contributed by atoms with E-state index in [0.717, 1.165) is 5.56 Å². The summed E-state index contributed by atoms with van der Waals surface area (Å²) in [6.07, 6.45) is 0.582. The zero-order valence-electron chi connectivity index (χ0n) is 12.9. The third-order valence-corrected chi connectivity index (χ3v) is 4.06. The lowest BCUT2D eigenvalue weighted by Gasteiger charge is -2.14. The molecule has 1 aromatic carbocycles. The Labute approximate surface area is 144 Å². The minimum atomic E-state index is -0.246. The van der Waals surface area contributed by atoms with E-state index in [0.29, 0.717) is 22.7 Å². The maximum Gasteiger partial charge on any atom is 0.255 e. The van der Waals surface area contributed by atoms with Crippen molar-refractivity contribution in [3.8, 4) is 0 Å². The fourth-order valence-electron chi connectivity index (χ4n) is 2.31. The first-order chi connectivity index (χ1) is 10.9. The van der Waals surface area contributed by atoms with E-state index in [1.807, 2.05) is 19.1 Å². The first-order valence-electron chi connectivity index (χ1n) is 7.23. The largest absolute Gasteiger partial charge is 0.350 e. The summed E-state index contributed by atoms with van der Waals surface area (Å²) in [4.78, 5) is 29.4. The zero-order valence-corrected chi connectivity index (χ0v) is 14.5. The molecule has 1 heterocycles. The average Bonchev–Trinajstić information content (AvgIpc) is 2.46. The summed E-state index contributed by atoms with van der Waals surface area (Å²) in [5.41, 5.74) is 1.97. The van der Waals surface area contributed by atoms with Crippen LogP contribution in [0.1, 0.15) is 36.2 Å². The van der Waals surface area contributed by atoms with E-state index in [1.54, 1.807) is 19.1 Å². The van der Waals surface area contributed by atoms with Crippen molar-refractivity contribution in [3.63, 3.8) is 0 Å². The molecule has 0 saturated carbocycles. The molecule has 5 nitrogen and oxygen atoms in total. The average molecular weight is 352 g/mol. The van der Waals surface area contributed by atoms with Crippen LogP contribution in [0.25, 0.3) is 0 Å².